The number of esters is 1. The number of imide groups is 1. The number of hydrogen-bond donors (Lipinski definition) is 2. The van der Waals surface area contributed by atoms with Crippen LogP contribution in [0.3, 0.4) is 0 Å². The molecule has 1 aromatic carbocycles. The lowest BCUT2D eigenvalue weighted by Gasteiger charge is -2.08. The van der Waals surface area contributed by atoms with Crippen LogP contribution in [0.1, 0.15) is 18.9 Å². The van der Waals surface area contributed by atoms with Gasteiger partial charge in [0.2, 0.25) is 0 Å². The third kappa shape index (κ3) is 7.51. The topological polar surface area (TPSA) is 93.7 Å². The van der Waals surface area contributed by atoms with Gasteiger partial charge in [0.25, 0.3) is 5.91 Å². The molecule has 2 N–H and O–H groups in total. The van der Waals surface area contributed by atoms with Gasteiger partial charge in [0.05, 0.1) is 0 Å². The largest absolute Gasteiger partial charge is 0.482 e. The fourth-order valence-electron chi connectivity index (χ4n) is 1.48. The molecule has 23 heavy (non-hydrogen) atoms. The van der Waals surface area contributed by atoms with Crippen LogP contribution in [0.25, 0.3) is 0 Å². The Morgan fingerprint density at radius 2 is 1.96 bits per heavy atom. The molecule has 0 aliphatic rings. The molecule has 0 bridgehead atoms. The first-order valence-corrected chi connectivity index (χ1v) is 7.42. The van der Waals surface area contributed by atoms with Gasteiger partial charge >= 0.3 is 12.0 Å². The molecule has 0 aromatic heterocycles. The summed E-state index contributed by atoms with van der Waals surface area (Å²) in [5, 5.41) is 5.09. The standard InChI is InChI=1S/C15H19ClN2O5/c1-3-6-17-15(21)18-13(19)8-23-14(20)9-22-11-4-5-12(16)10(2)7-11/h4-5,7H,3,6,8-9H2,1-2H3,(H2,17,18,19,21). The normalized spacial score (nSPS) is 9.87. The Balaban J connectivity index is 2.27. The summed E-state index contributed by atoms with van der Waals surface area (Å²) in [5.41, 5.74) is 0.815. The van der Waals surface area contributed by atoms with Crippen LogP contribution in [0.5, 0.6) is 5.75 Å². The molecule has 126 valence electrons. The minimum atomic E-state index is -0.721. The molecule has 0 radical (unpaired) electrons. The van der Waals surface area contributed by atoms with Gasteiger partial charge in [-0.2, -0.15) is 0 Å². The number of halogens is 1. The molecule has 0 aliphatic carbocycles. The molecule has 1 aromatic rings. The van der Waals surface area contributed by atoms with Crippen LogP contribution in [-0.2, 0) is 14.3 Å². The molecule has 0 spiro atoms. The van der Waals surface area contributed by atoms with Crippen molar-refractivity contribution in [2.75, 3.05) is 19.8 Å². The second-order valence-corrected chi connectivity index (χ2v) is 5.07. The molecular formula is C15H19ClN2O5. The van der Waals surface area contributed by atoms with Crippen LogP contribution in [-0.4, -0.2) is 37.7 Å². The number of carbonyl (C=O) groups excluding carboxylic acids is 3. The molecule has 0 aliphatic heterocycles. The second-order valence-electron chi connectivity index (χ2n) is 4.66. The van der Waals surface area contributed by atoms with E-state index in [1.807, 2.05) is 12.2 Å². The van der Waals surface area contributed by atoms with Crippen molar-refractivity contribution >= 4 is 29.5 Å². The van der Waals surface area contributed by atoms with E-state index >= 15 is 0 Å². The van der Waals surface area contributed by atoms with E-state index in [1.165, 1.54) is 0 Å². The van der Waals surface area contributed by atoms with Crippen molar-refractivity contribution in [3.8, 4) is 5.75 Å². The van der Waals surface area contributed by atoms with Gasteiger partial charge in [0.1, 0.15) is 5.75 Å². The Bertz CT molecular complexity index is 577. The Morgan fingerprint density at radius 3 is 2.61 bits per heavy atom. The Labute approximate surface area is 139 Å². The minimum absolute atomic E-state index is 0.351. The Kier molecular flexibility index (Phi) is 7.90. The van der Waals surface area contributed by atoms with E-state index in [-0.39, 0.29) is 6.61 Å². The SMILES string of the molecule is CCCNC(=O)NC(=O)COC(=O)COc1ccc(Cl)c(C)c1. The molecule has 0 fully saturated rings. The van der Waals surface area contributed by atoms with Gasteiger partial charge in [-0.05, 0) is 37.1 Å². The minimum Gasteiger partial charge on any atom is -0.482 e. The van der Waals surface area contributed by atoms with Gasteiger partial charge in [-0.3, -0.25) is 10.1 Å². The molecule has 0 saturated carbocycles. The third-order valence-electron chi connectivity index (χ3n) is 2.64. The first-order valence-electron chi connectivity index (χ1n) is 7.04. The fraction of sp³-hybridized carbons (Fsp3) is 0.400. The number of benzene rings is 1. The van der Waals surface area contributed by atoms with Gasteiger partial charge in [-0.15, -0.1) is 0 Å². The maximum Gasteiger partial charge on any atom is 0.344 e. The van der Waals surface area contributed by atoms with Crippen LogP contribution in [0, 0.1) is 6.92 Å². The summed E-state index contributed by atoms with van der Waals surface area (Å²) in [4.78, 5) is 34.1. The van der Waals surface area contributed by atoms with Crippen molar-refractivity contribution in [3.05, 3.63) is 28.8 Å². The zero-order valence-corrected chi connectivity index (χ0v) is 13.7. The summed E-state index contributed by atoms with van der Waals surface area (Å²) in [6.07, 6.45) is 0.748. The van der Waals surface area contributed by atoms with Crippen LogP contribution < -0.4 is 15.4 Å². The summed E-state index contributed by atoms with van der Waals surface area (Å²) in [7, 11) is 0. The molecule has 1 rings (SSSR count). The quantitative estimate of drug-likeness (QED) is 0.737. The lowest BCUT2D eigenvalue weighted by atomic mass is 10.2. The van der Waals surface area contributed by atoms with E-state index in [0.29, 0.717) is 17.3 Å². The van der Waals surface area contributed by atoms with Crippen molar-refractivity contribution in [1.29, 1.82) is 0 Å². The molecule has 0 unspecified atom stereocenters. The van der Waals surface area contributed by atoms with Gasteiger partial charge in [0.15, 0.2) is 13.2 Å². The second kappa shape index (κ2) is 9.68. The van der Waals surface area contributed by atoms with E-state index in [4.69, 9.17) is 21.1 Å². The first-order chi connectivity index (χ1) is 10.9. The molecule has 3 amide bonds. The summed E-state index contributed by atoms with van der Waals surface area (Å²) < 4.78 is 9.93. The molecule has 0 heterocycles. The van der Waals surface area contributed by atoms with Crippen LogP contribution in [0.2, 0.25) is 5.02 Å². The van der Waals surface area contributed by atoms with E-state index < -0.39 is 24.5 Å². The summed E-state index contributed by atoms with van der Waals surface area (Å²) >= 11 is 5.88. The number of rotatable bonds is 7. The fourth-order valence-corrected chi connectivity index (χ4v) is 1.60. The van der Waals surface area contributed by atoms with E-state index in [2.05, 4.69) is 5.32 Å². The van der Waals surface area contributed by atoms with Crippen molar-refractivity contribution in [3.63, 3.8) is 0 Å². The van der Waals surface area contributed by atoms with E-state index in [9.17, 15) is 14.4 Å². The van der Waals surface area contributed by atoms with Crippen molar-refractivity contribution < 1.29 is 23.9 Å². The Hall–Kier alpha value is -2.28. The number of ether oxygens (including phenoxy) is 2. The summed E-state index contributed by atoms with van der Waals surface area (Å²) in [6.45, 7) is 3.23. The van der Waals surface area contributed by atoms with Gasteiger partial charge < -0.3 is 14.8 Å². The number of nitrogens with one attached hydrogen (secondary N) is 2. The summed E-state index contributed by atoms with van der Waals surface area (Å²) in [6, 6.07) is 4.33. The zero-order valence-electron chi connectivity index (χ0n) is 13.0. The predicted molar refractivity (Wildman–Crippen MR) is 84.5 cm³/mol. The van der Waals surface area contributed by atoms with Gasteiger partial charge in [-0.1, -0.05) is 18.5 Å². The lowest BCUT2D eigenvalue weighted by Crippen LogP contribution is -2.41. The molecular weight excluding hydrogens is 324 g/mol. The maximum absolute atomic E-state index is 11.5. The van der Waals surface area contributed by atoms with Crippen molar-refractivity contribution in [2.45, 2.75) is 20.3 Å². The van der Waals surface area contributed by atoms with Gasteiger partial charge in [-0.25, -0.2) is 9.59 Å². The first kappa shape index (κ1) is 18.8. The highest BCUT2D eigenvalue weighted by Crippen LogP contribution is 2.20. The molecule has 0 atom stereocenters. The average Bonchev–Trinajstić information content (AvgIpc) is 2.52. The van der Waals surface area contributed by atoms with Crippen molar-refractivity contribution in [2.24, 2.45) is 0 Å². The van der Waals surface area contributed by atoms with Crippen molar-refractivity contribution in [1.82, 2.24) is 10.6 Å². The number of hydrogen-bond acceptors (Lipinski definition) is 5. The maximum atomic E-state index is 11.5. The zero-order chi connectivity index (χ0) is 17.2. The van der Waals surface area contributed by atoms with Crippen LogP contribution in [0.4, 0.5) is 4.79 Å². The highest BCUT2D eigenvalue weighted by atomic mass is 35.5. The number of aryl methyl sites for hydroxylation is 1. The van der Waals surface area contributed by atoms with Crippen LogP contribution in [0.15, 0.2) is 18.2 Å². The predicted octanol–water partition coefficient (Wildman–Crippen LogP) is 1.81. The van der Waals surface area contributed by atoms with Crippen LogP contribution >= 0.6 is 11.6 Å². The molecule has 7 nitrogen and oxygen atoms in total. The highest BCUT2D eigenvalue weighted by Gasteiger charge is 2.11. The third-order valence-corrected chi connectivity index (χ3v) is 3.06. The number of urea groups is 1. The Morgan fingerprint density at radius 1 is 1.22 bits per heavy atom. The number of amides is 3. The summed E-state index contributed by atoms with van der Waals surface area (Å²) in [5.74, 6) is -0.969. The molecule has 8 heteroatoms. The van der Waals surface area contributed by atoms with E-state index in [1.54, 1.807) is 25.1 Å². The van der Waals surface area contributed by atoms with Gasteiger partial charge in [0, 0.05) is 11.6 Å². The monoisotopic (exact) mass is 342 g/mol. The van der Waals surface area contributed by atoms with E-state index in [0.717, 1.165) is 12.0 Å². The smallest absolute Gasteiger partial charge is 0.344 e. The number of carbonyl (C=O) groups is 3. The molecule has 0 saturated heterocycles. The average molecular weight is 343 g/mol. The highest BCUT2D eigenvalue weighted by molar-refractivity contribution is 6.31. The lowest BCUT2D eigenvalue weighted by molar-refractivity contribution is -0.150.